The highest BCUT2D eigenvalue weighted by Gasteiger charge is 2.18. The Morgan fingerprint density at radius 1 is 0.391 bits per heavy atom. The number of aliphatic hydroxyl groups is 2. The smallest absolute Gasteiger partial charge is 0.305 e. The SMILES string of the molecule is CCCCCCCCCCCCCCCCCCCCCC/C=C/C(O)C(CO)NC(=O)CCCCCCCCCCCCCCCCCCOC(=O)CCCCCCCCCCCCCCCC. The number of carbonyl (C=O) groups is 2. The van der Waals surface area contributed by atoms with E-state index >= 15 is 0 Å². The van der Waals surface area contributed by atoms with Gasteiger partial charge in [-0.25, -0.2) is 0 Å². The van der Waals surface area contributed by atoms with Gasteiger partial charge in [-0.15, -0.1) is 0 Å². The first-order valence-electron chi connectivity index (χ1n) is 31.5. The zero-order chi connectivity index (χ0) is 50.0. The van der Waals surface area contributed by atoms with E-state index in [0.717, 1.165) is 44.9 Å². The molecule has 6 nitrogen and oxygen atoms in total. The first kappa shape index (κ1) is 67.6. The largest absolute Gasteiger partial charge is 0.466 e. The molecule has 0 fully saturated rings. The van der Waals surface area contributed by atoms with Crippen LogP contribution in [-0.2, 0) is 14.3 Å². The van der Waals surface area contributed by atoms with Gasteiger partial charge in [-0.3, -0.25) is 9.59 Å². The minimum atomic E-state index is -0.849. The summed E-state index contributed by atoms with van der Waals surface area (Å²) >= 11 is 0. The summed E-state index contributed by atoms with van der Waals surface area (Å²) in [4.78, 5) is 24.6. The molecule has 0 bridgehead atoms. The summed E-state index contributed by atoms with van der Waals surface area (Å²) in [6, 6.07) is -0.633. The van der Waals surface area contributed by atoms with Crippen LogP contribution in [0, 0.1) is 0 Å². The normalized spacial score (nSPS) is 12.6. The van der Waals surface area contributed by atoms with Gasteiger partial charge in [0.25, 0.3) is 0 Å². The molecule has 0 aromatic heterocycles. The minimum absolute atomic E-state index is 0.00543. The maximum absolute atomic E-state index is 12.5. The van der Waals surface area contributed by atoms with Gasteiger partial charge < -0.3 is 20.3 Å². The highest BCUT2D eigenvalue weighted by Crippen LogP contribution is 2.18. The van der Waals surface area contributed by atoms with E-state index in [1.54, 1.807) is 6.08 Å². The maximum atomic E-state index is 12.5. The quantitative estimate of drug-likeness (QED) is 0.0321. The highest BCUT2D eigenvalue weighted by atomic mass is 16.5. The average molecular weight is 975 g/mol. The minimum Gasteiger partial charge on any atom is -0.466 e. The van der Waals surface area contributed by atoms with Crippen molar-refractivity contribution in [2.45, 2.75) is 366 Å². The third-order valence-electron chi connectivity index (χ3n) is 14.8. The van der Waals surface area contributed by atoms with Gasteiger partial charge >= 0.3 is 5.97 Å². The second kappa shape index (κ2) is 59.2. The van der Waals surface area contributed by atoms with Gasteiger partial charge in [0.05, 0.1) is 25.4 Å². The van der Waals surface area contributed by atoms with Crippen LogP contribution in [0.2, 0.25) is 0 Å². The average Bonchev–Trinajstić information content (AvgIpc) is 3.35. The van der Waals surface area contributed by atoms with E-state index in [4.69, 9.17) is 4.74 Å². The Bertz CT molecular complexity index is 1030. The van der Waals surface area contributed by atoms with Crippen molar-refractivity contribution in [3.63, 3.8) is 0 Å². The topological polar surface area (TPSA) is 95.9 Å². The highest BCUT2D eigenvalue weighted by molar-refractivity contribution is 5.76. The van der Waals surface area contributed by atoms with Crippen LogP contribution in [0.15, 0.2) is 12.2 Å². The second-order valence-electron chi connectivity index (χ2n) is 21.8. The number of hydrogen-bond donors (Lipinski definition) is 3. The molecule has 0 heterocycles. The lowest BCUT2D eigenvalue weighted by Gasteiger charge is -2.20. The van der Waals surface area contributed by atoms with Gasteiger partial charge in [0, 0.05) is 12.8 Å². The molecule has 0 rings (SSSR count). The Morgan fingerprint density at radius 3 is 0.986 bits per heavy atom. The molecule has 0 spiro atoms. The van der Waals surface area contributed by atoms with Crippen LogP contribution in [0.5, 0.6) is 0 Å². The number of rotatable bonds is 59. The van der Waals surface area contributed by atoms with Gasteiger partial charge in [-0.05, 0) is 32.1 Å². The standard InChI is InChI=1S/C63H123NO5/c1-3-5-7-9-11-13-15-17-19-20-21-22-23-24-25-28-31-35-39-43-47-51-55-61(66)60(59-65)64-62(67)56-52-48-44-40-36-32-29-26-27-30-34-38-42-46-50-54-58-69-63(68)57-53-49-45-41-37-33-18-16-14-12-10-8-6-4-2/h51,55,60-61,65-66H,3-50,52-54,56-59H2,1-2H3,(H,64,67)/b55-51+. The fraction of sp³-hybridized carbons (Fsp3) is 0.937. The predicted molar refractivity (Wildman–Crippen MR) is 301 cm³/mol. The summed E-state index contributed by atoms with van der Waals surface area (Å²) in [6.45, 7) is 4.92. The van der Waals surface area contributed by atoms with Gasteiger partial charge in [-0.2, -0.15) is 0 Å². The predicted octanol–water partition coefficient (Wildman–Crippen LogP) is 19.6. The van der Waals surface area contributed by atoms with Crippen LogP contribution < -0.4 is 5.32 Å². The molecule has 0 radical (unpaired) electrons. The first-order valence-corrected chi connectivity index (χ1v) is 31.5. The summed E-state index contributed by atoms with van der Waals surface area (Å²) in [5.41, 5.74) is 0. The molecule has 6 heteroatoms. The van der Waals surface area contributed by atoms with Crippen LogP contribution in [-0.4, -0.2) is 47.4 Å². The molecule has 3 N–H and O–H groups in total. The molecule has 0 aromatic carbocycles. The fourth-order valence-electron chi connectivity index (χ4n) is 9.99. The van der Waals surface area contributed by atoms with E-state index in [0.29, 0.717) is 19.4 Å². The molecule has 1 amide bonds. The van der Waals surface area contributed by atoms with Crippen molar-refractivity contribution in [3.05, 3.63) is 12.2 Å². The van der Waals surface area contributed by atoms with E-state index in [-0.39, 0.29) is 18.5 Å². The molecule has 2 atom stereocenters. The number of allylic oxidation sites excluding steroid dienone is 1. The third kappa shape index (κ3) is 55.8. The van der Waals surface area contributed by atoms with Crippen molar-refractivity contribution < 1.29 is 24.5 Å². The number of esters is 1. The molecule has 0 aliphatic heterocycles. The van der Waals surface area contributed by atoms with Crippen molar-refractivity contribution in [1.29, 1.82) is 0 Å². The molecule has 0 aliphatic rings. The summed E-state index contributed by atoms with van der Waals surface area (Å²) in [6.07, 6.45) is 71.0. The van der Waals surface area contributed by atoms with Gasteiger partial charge in [0.1, 0.15) is 0 Å². The molecule has 2 unspecified atom stereocenters. The van der Waals surface area contributed by atoms with Crippen molar-refractivity contribution in [2.24, 2.45) is 0 Å². The van der Waals surface area contributed by atoms with E-state index in [2.05, 4.69) is 19.2 Å². The molecule has 69 heavy (non-hydrogen) atoms. The molecule has 0 aliphatic carbocycles. The molecule has 0 saturated carbocycles. The van der Waals surface area contributed by atoms with Gasteiger partial charge in [0.15, 0.2) is 0 Å². The Morgan fingerprint density at radius 2 is 0.667 bits per heavy atom. The number of carbonyl (C=O) groups excluding carboxylic acids is 2. The van der Waals surface area contributed by atoms with E-state index < -0.39 is 12.1 Å². The maximum Gasteiger partial charge on any atom is 0.305 e. The first-order chi connectivity index (χ1) is 34.0. The van der Waals surface area contributed by atoms with Crippen molar-refractivity contribution >= 4 is 11.9 Å². The van der Waals surface area contributed by atoms with Crippen molar-refractivity contribution in [1.82, 2.24) is 5.32 Å². The van der Waals surface area contributed by atoms with Crippen LogP contribution in [0.1, 0.15) is 354 Å². The lowest BCUT2D eigenvalue weighted by atomic mass is 10.0. The number of hydrogen-bond acceptors (Lipinski definition) is 5. The molecular formula is C63H123NO5. The third-order valence-corrected chi connectivity index (χ3v) is 14.8. The van der Waals surface area contributed by atoms with E-state index in [9.17, 15) is 19.8 Å². The van der Waals surface area contributed by atoms with Crippen molar-refractivity contribution in [2.75, 3.05) is 13.2 Å². The Labute approximate surface area is 431 Å². The Balaban J connectivity index is 3.44. The number of ether oxygens (including phenoxy) is 1. The van der Waals surface area contributed by atoms with Crippen LogP contribution in [0.25, 0.3) is 0 Å². The van der Waals surface area contributed by atoms with Gasteiger partial charge in [-0.1, -0.05) is 321 Å². The number of amides is 1. The summed E-state index contributed by atoms with van der Waals surface area (Å²) in [5.74, 6) is -0.0652. The van der Waals surface area contributed by atoms with Crippen LogP contribution in [0.4, 0.5) is 0 Å². The monoisotopic (exact) mass is 974 g/mol. The molecule has 0 aromatic rings. The summed E-state index contributed by atoms with van der Waals surface area (Å²) in [7, 11) is 0. The Kier molecular flexibility index (Phi) is 58.0. The zero-order valence-electron chi connectivity index (χ0n) is 46.8. The van der Waals surface area contributed by atoms with Crippen molar-refractivity contribution in [3.8, 4) is 0 Å². The fourth-order valence-corrected chi connectivity index (χ4v) is 9.99. The van der Waals surface area contributed by atoms with E-state index in [1.165, 1.54) is 283 Å². The molecular weight excluding hydrogens is 851 g/mol. The summed E-state index contributed by atoms with van der Waals surface area (Å²) in [5, 5.41) is 23.2. The number of aliphatic hydroxyl groups excluding tert-OH is 2. The number of unbranched alkanes of at least 4 members (excludes halogenated alkanes) is 48. The Hall–Kier alpha value is -1.40. The number of nitrogens with one attached hydrogen (secondary N) is 1. The second-order valence-corrected chi connectivity index (χ2v) is 21.8. The van der Waals surface area contributed by atoms with Crippen LogP contribution >= 0.6 is 0 Å². The lowest BCUT2D eigenvalue weighted by Crippen LogP contribution is -2.45. The molecule has 0 saturated heterocycles. The van der Waals surface area contributed by atoms with Crippen LogP contribution in [0.3, 0.4) is 0 Å². The van der Waals surface area contributed by atoms with E-state index in [1.807, 2.05) is 6.08 Å². The zero-order valence-corrected chi connectivity index (χ0v) is 46.8. The van der Waals surface area contributed by atoms with Gasteiger partial charge in [0.2, 0.25) is 5.91 Å². The summed E-state index contributed by atoms with van der Waals surface area (Å²) < 4.78 is 5.48. The lowest BCUT2D eigenvalue weighted by molar-refractivity contribution is -0.143. The molecule has 410 valence electrons.